The summed E-state index contributed by atoms with van der Waals surface area (Å²) in [5.41, 5.74) is 0. The molecule has 8 heteroatoms. The van der Waals surface area contributed by atoms with Gasteiger partial charge in [0.1, 0.15) is 12.1 Å². The molecule has 1 saturated carbocycles. The summed E-state index contributed by atoms with van der Waals surface area (Å²) in [6, 6.07) is -1.20. The number of nitrogens with one attached hydrogen (secondary N) is 1. The van der Waals surface area contributed by atoms with Crippen molar-refractivity contribution >= 4 is 29.5 Å². The van der Waals surface area contributed by atoms with Gasteiger partial charge in [0.15, 0.2) is 0 Å². The van der Waals surface area contributed by atoms with Crippen LogP contribution in [-0.4, -0.2) is 83.5 Å². The number of thioether (sulfide) groups is 1. The Labute approximate surface area is 151 Å². The summed E-state index contributed by atoms with van der Waals surface area (Å²) in [5, 5.41) is 2.94. The monoisotopic (exact) mass is 367 g/mol. The minimum Gasteiger partial charge on any atom is -0.376 e. The number of carbonyl (C=O) groups excluding carboxylic acids is 3. The predicted molar refractivity (Wildman–Crippen MR) is 93.0 cm³/mol. The van der Waals surface area contributed by atoms with Gasteiger partial charge in [-0.25, -0.2) is 0 Å². The highest BCUT2D eigenvalue weighted by Crippen LogP contribution is 2.35. The molecule has 0 aromatic rings. The summed E-state index contributed by atoms with van der Waals surface area (Å²) in [5.74, 6) is 0.948. The van der Waals surface area contributed by atoms with Crippen molar-refractivity contribution in [3.8, 4) is 0 Å². The van der Waals surface area contributed by atoms with Crippen molar-refractivity contribution in [2.75, 3.05) is 31.7 Å². The van der Waals surface area contributed by atoms with Gasteiger partial charge < -0.3 is 19.9 Å². The van der Waals surface area contributed by atoms with Gasteiger partial charge in [0, 0.05) is 26.1 Å². The Morgan fingerprint density at radius 1 is 1.24 bits per heavy atom. The molecule has 3 saturated heterocycles. The quantitative estimate of drug-likeness (QED) is 0.706. The highest BCUT2D eigenvalue weighted by molar-refractivity contribution is 7.99. The summed E-state index contributed by atoms with van der Waals surface area (Å²) in [6.07, 6.45) is 5.53. The van der Waals surface area contributed by atoms with E-state index in [4.69, 9.17) is 4.74 Å². The first-order valence-electron chi connectivity index (χ1n) is 9.09. The molecule has 4 atom stereocenters. The Bertz CT molecular complexity index is 582. The number of nitrogens with zero attached hydrogens (tertiary/aromatic N) is 2. The van der Waals surface area contributed by atoms with Crippen LogP contribution in [0.1, 0.15) is 25.7 Å². The van der Waals surface area contributed by atoms with Gasteiger partial charge in [-0.1, -0.05) is 0 Å². The van der Waals surface area contributed by atoms with Crippen LogP contribution in [0.5, 0.6) is 0 Å². The average Bonchev–Trinajstić information content (AvgIpc) is 3.16. The van der Waals surface area contributed by atoms with Crippen LogP contribution in [-0.2, 0) is 19.1 Å². The van der Waals surface area contributed by atoms with Crippen LogP contribution in [0.3, 0.4) is 0 Å². The molecule has 1 N–H and O–H groups in total. The topological polar surface area (TPSA) is 79.0 Å². The average molecular weight is 367 g/mol. The lowest BCUT2D eigenvalue weighted by Gasteiger charge is -2.40. The summed E-state index contributed by atoms with van der Waals surface area (Å²) in [4.78, 5) is 41.1. The molecule has 0 aromatic heterocycles. The molecule has 4 aliphatic rings. The number of carbonyl (C=O) groups is 3. The van der Waals surface area contributed by atoms with E-state index in [9.17, 15) is 14.4 Å². The van der Waals surface area contributed by atoms with E-state index in [1.165, 1.54) is 24.6 Å². The van der Waals surface area contributed by atoms with Gasteiger partial charge >= 0.3 is 0 Å². The van der Waals surface area contributed by atoms with Crippen LogP contribution >= 0.6 is 11.8 Å². The molecule has 0 unspecified atom stereocenters. The Morgan fingerprint density at radius 2 is 2.04 bits per heavy atom. The molecule has 3 amide bonds. The minimum atomic E-state index is -0.545. The van der Waals surface area contributed by atoms with Crippen molar-refractivity contribution in [1.82, 2.24) is 15.1 Å². The maximum Gasteiger partial charge on any atom is 0.248 e. The molecule has 138 valence electrons. The first-order valence-corrected chi connectivity index (χ1v) is 10.5. The smallest absolute Gasteiger partial charge is 0.248 e. The van der Waals surface area contributed by atoms with E-state index in [0.717, 1.165) is 6.61 Å². The first-order chi connectivity index (χ1) is 12.1. The third kappa shape index (κ3) is 3.26. The standard InChI is InChI=1S/C17H25N3O4S/c1-25-9-14(21)18-12-4-5-19-15(12)17(23)20-7-11(6-13(20)16(19)22)24-8-10-2-3-10/h10-13,15H,2-9H2,1H3,(H,18,21)/t11-,12+,13+,15+/m1/s1. The molecule has 7 nitrogen and oxygen atoms in total. The Kier molecular flexibility index (Phi) is 4.66. The molecule has 0 aromatic carbocycles. The first kappa shape index (κ1) is 17.1. The van der Waals surface area contributed by atoms with E-state index < -0.39 is 6.04 Å². The lowest BCUT2D eigenvalue weighted by atomic mass is 10.0. The SMILES string of the molecule is CSCC(=O)N[C@H]1CCN2C(=O)[C@@H]3C[C@@H](OCC4CC4)CN3C(=O)[C@H]12. The molecule has 3 aliphatic heterocycles. The summed E-state index contributed by atoms with van der Waals surface area (Å²) >= 11 is 1.45. The van der Waals surface area contributed by atoms with Gasteiger partial charge in [0.25, 0.3) is 0 Å². The van der Waals surface area contributed by atoms with Gasteiger partial charge in [-0.15, -0.1) is 0 Å². The van der Waals surface area contributed by atoms with Crippen LogP contribution in [0.15, 0.2) is 0 Å². The van der Waals surface area contributed by atoms with Gasteiger partial charge in [-0.2, -0.15) is 11.8 Å². The summed E-state index contributed by atoms with van der Waals surface area (Å²) < 4.78 is 5.92. The Hall–Kier alpha value is -1.28. The molecule has 25 heavy (non-hydrogen) atoms. The maximum atomic E-state index is 13.0. The molecule has 3 heterocycles. The lowest BCUT2D eigenvalue weighted by Crippen LogP contribution is -2.64. The number of amides is 3. The number of fused-ring (bicyclic) bond motifs is 2. The zero-order valence-corrected chi connectivity index (χ0v) is 15.3. The fourth-order valence-corrected chi connectivity index (χ4v) is 4.54. The fraction of sp³-hybridized carbons (Fsp3) is 0.824. The lowest BCUT2D eigenvalue weighted by molar-refractivity contribution is -0.157. The van der Waals surface area contributed by atoms with Crippen LogP contribution in [0.25, 0.3) is 0 Å². The highest BCUT2D eigenvalue weighted by Gasteiger charge is 2.55. The predicted octanol–water partition coefficient (Wildman–Crippen LogP) is -0.155. The van der Waals surface area contributed by atoms with Crippen molar-refractivity contribution in [3.63, 3.8) is 0 Å². The van der Waals surface area contributed by atoms with Crippen molar-refractivity contribution < 1.29 is 19.1 Å². The molecule has 0 bridgehead atoms. The number of hydrogen-bond acceptors (Lipinski definition) is 5. The van der Waals surface area contributed by atoms with Crippen LogP contribution < -0.4 is 5.32 Å². The van der Waals surface area contributed by atoms with E-state index in [1.807, 2.05) is 6.26 Å². The largest absolute Gasteiger partial charge is 0.376 e. The molecule has 0 radical (unpaired) electrons. The Balaban J connectivity index is 1.43. The molecule has 4 rings (SSSR count). The number of hydrogen-bond donors (Lipinski definition) is 1. The van der Waals surface area contributed by atoms with Crippen molar-refractivity contribution in [2.45, 2.75) is 49.9 Å². The zero-order valence-electron chi connectivity index (χ0n) is 14.5. The molecule has 1 aliphatic carbocycles. The fourth-order valence-electron chi connectivity index (χ4n) is 4.19. The highest BCUT2D eigenvalue weighted by atomic mass is 32.2. The van der Waals surface area contributed by atoms with Crippen LogP contribution in [0.4, 0.5) is 0 Å². The van der Waals surface area contributed by atoms with Crippen molar-refractivity contribution in [3.05, 3.63) is 0 Å². The molecule has 0 spiro atoms. The van der Waals surface area contributed by atoms with Gasteiger partial charge in [-0.05, 0) is 31.4 Å². The van der Waals surface area contributed by atoms with Crippen LogP contribution in [0, 0.1) is 5.92 Å². The summed E-state index contributed by atoms with van der Waals surface area (Å²) in [7, 11) is 0. The second kappa shape index (κ2) is 6.79. The minimum absolute atomic E-state index is 0.0173. The van der Waals surface area contributed by atoms with Gasteiger partial charge in [-0.3, -0.25) is 14.4 Å². The number of ether oxygens (including phenoxy) is 1. The number of rotatable bonds is 6. The van der Waals surface area contributed by atoms with Crippen molar-refractivity contribution in [2.24, 2.45) is 5.92 Å². The normalized spacial score (nSPS) is 34.3. The second-order valence-electron chi connectivity index (χ2n) is 7.51. The van der Waals surface area contributed by atoms with E-state index >= 15 is 0 Å². The van der Waals surface area contributed by atoms with Crippen molar-refractivity contribution in [1.29, 1.82) is 0 Å². The molecule has 4 fully saturated rings. The number of piperazine rings is 1. The van der Waals surface area contributed by atoms with Gasteiger partial charge in [0.05, 0.1) is 17.9 Å². The third-order valence-electron chi connectivity index (χ3n) is 5.65. The Morgan fingerprint density at radius 3 is 2.76 bits per heavy atom. The van der Waals surface area contributed by atoms with Crippen LogP contribution in [0.2, 0.25) is 0 Å². The third-order valence-corrected chi connectivity index (χ3v) is 6.20. The summed E-state index contributed by atoms with van der Waals surface area (Å²) in [6.45, 7) is 1.78. The van der Waals surface area contributed by atoms with E-state index in [0.29, 0.717) is 37.6 Å². The van der Waals surface area contributed by atoms with Gasteiger partial charge in [0.2, 0.25) is 17.7 Å². The van der Waals surface area contributed by atoms with E-state index in [2.05, 4.69) is 5.32 Å². The van der Waals surface area contributed by atoms with E-state index in [-0.39, 0.29) is 35.9 Å². The van der Waals surface area contributed by atoms with E-state index in [1.54, 1.807) is 9.80 Å². The maximum absolute atomic E-state index is 13.0. The zero-order chi connectivity index (χ0) is 17.6. The molecular weight excluding hydrogens is 342 g/mol. The molecular formula is C17H25N3O4S. The second-order valence-corrected chi connectivity index (χ2v) is 8.38.